The SMILES string of the molecule is NC(=O)CCC(NC(=O)C1CCCN1)C(=O)NC(Cc1cnc[nH]1)C(=O)NC(CCCN=C(N)N)C(=O)O. The second-order valence-corrected chi connectivity index (χ2v) is 8.91. The molecule has 210 valence electrons. The Morgan fingerprint density at radius 3 is 2.34 bits per heavy atom. The smallest absolute Gasteiger partial charge is 0.326 e. The number of carbonyl (C=O) groups is 5. The number of amides is 4. The molecule has 0 radical (unpaired) electrons. The number of hydrogen-bond donors (Lipinski definition) is 9. The summed E-state index contributed by atoms with van der Waals surface area (Å²) < 4.78 is 0. The molecule has 1 aromatic rings. The number of carbonyl (C=O) groups excluding carboxylic acids is 4. The highest BCUT2D eigenvalue weighted by molar-refractivity contribution is 5.94. The number of aliphatic carboxylic acids is 1. The first-order chi connectivity index (χ1) is 18.1. The highest BCUT2D eigenvalue weighted by Crippen LogP contribution is 2.08. The second-order valence-electron chi connectivity index (χ2n) is 8.91. The summed E-state index contributed by atoms with van der Waals surface area (Å²) in [5.41, 5.74) is 16.3. The molecular formula is C22H36N10O6. The van der Waals surface area contributed by atoms with Crippen LogP contribution in [0.2, 0.25) is 0 Å². The predicted octanol–water partition coefficient (Wildman–Crippen LogP) is -3.44. The molecule has 0 aromatic carbocycles. The number of hydrogen-bond acceptors (Lipinski definition) is 8. The molecule has 2 rings (SSSR count). The summed E-state index contributed by atoms with van der Waals surface area (Å²) >= 11 is 0. The van der Waals surface area contributed by atoms with Crippen molar-refractivity contribution in [1.29, 1.82) is 0 Å². The summed E-state index contributed by atoms with van der Waals surface area (Å²) in [7, 11) is 0. The molecule has 0 saturated carbocycles. The number of aliphatic imine (C=N–C) groups is 1. The highest BCUT2D eigenvalue weighted by Gasteiger charge is 2.32. The van der Waals surface area contributed by atoms with Gasteiger partial charge in [0.1, 0.15) is 18.1 Å². The molecule has 16 heteroatoms. The van der Waals surface area contributed by atoms with Crippen LogP contribution in [-0.4, -0.2) is 87.9 Å². The normalized spacial score (nSPS) is 17.0. The Labute approximate surface area is 219 Å². The fourth-order valence-corrected chi connectivity index (χ4v) is 3.87. The molecule has 1 saturated heterocycles. The number of aromatic nitrogens is 2. The Kier molecular flexibility index (Phi) is 12.0. The molecule has 38 heavy (non-hydrogen) atoms. The van der Waals surface area contributed by atoms with Crippen molar-refractivity contribution in [2.75, 3.05) is 13.1 Å². The lowest BCUT2D eigenvalue weighted by Gasteiger charge is -2.25. The van der Waals surface area contributed by atoms with E-state index in [0.717, 1.165) is 6.42 Å². The van der Waals surface area contributed by atoms with E-state index in [1.165, 1.54) is 12.5 Å². The number of guanidine groups is 1. The maximum atomic E-state index is 13.2. The van der Waals surface area contributed by atoms with E-state index in [-0.39, 0.29) is 44.6 Å². The van der Waals surface area contributed by atoms with Crippen LogP contribution in [0.3, 0.4) is 0 Å². The minimum atomic E-state index is -1.27. The summed E-state index contributed by atoms with van der Waals surface area (Å²) in [4.78, 5) is 72.5. The predicted molar refractivity (Wildman–Crippen MR) is 135 cm³/mol. The maximum absolute atomic E-state index is 13.2. The van der Waals surface area contributed by atoms with Crippen LogP contribution in [0.4, 0.5) is 0 Å². The third-order valence-electron chi connectivity index (χ3n) is 5.86. The monoisotopic (exact) mass is 536 g/mol. The molecule has 0 aliphatic carbocycles. The van der Waals surface area contributed by atoms with Crippen LogP contribution in [0.5, 0.6) is 0 Å². The number of nitrogens with one attached hydrogen (secondary N) is 5. The van der Waals surface area contributed by atoms with E-state index in [0.29, 0.717) is 18.7 Å². The summed E-state index contributed by atoms with van der Waals surface area (Å²) in [6, 6.07) is -4.11. The Hall–Kier alpha value is -4.21. The minimum Gasteiger partial charge on any atom is -0.480 e. The van der Waals surface area contributed by atoms with Crippen molar-refractivity contribution in [3.63, 3.8) is 0 Å². The number of aromatic amines is 1. The van der Waals surface area contributed by atoms with Crippen molar-refractivity contribution in [3.05, 3.63) is 18.2 Å². The van der Waals surface area contributed by atoms with Crippen molar-refractivity contribution < 1.29 is 29.1 Å². The van der Waals surface area contributed by atoms with E-state index < -0.39 is 53.8 Å². The van der Waals surface area contributed by atoms with E-state index in [1.807, 2.05) is 0 Å². The van der Waals surface area contributed by atoms with Crippen LogP contribution in [0, 0.1) is 0 Å². The average Bonchev–Trinajstić information content (AvgIpc) is 3.57. The van der Waals surface area contributed by atoms with E-state index in [9.17, 15) is 29.1 Å². The molecule has 16 nitrogen and oxygen atoms in total. The summed E-state index contributed by atoms with van der Waals surface area (Å²) in [6.45, 7) is 0.840. The molecule has 4 unspecified atom stereocenters. The Morgan fingerprint density at radius 1 is 1.05 bits per heavy atom. The molecule has 4 amide bonds. The van der Waals surface area contributed by atoms with Crippen molar-refractivity contribution in [2.45, 2.75) is 69.1 Å². The van der Waals surface area contributed by atoms with Crippen molar-refractivity contribution in [3.8, 4) is 0 Å². The van der Waals surface area contributed by atoms with Crippen molar-refractivity contribution in [1.82, 2.24) is 31.2 Å². The molecule has 2 heterocycles. The van der Waals surface area contributed by atoms with Crippen LogP contribution in [0.1, 0.15) is 44.2 Å². The summed E-state index contributed by atoms with van der Waals surface area (Å²) in [6.07, 6.45) is 4.26. The molecule has 1 fully saturated rings. The van der Waals surface area contributed by atoms with Gasteiger partial charge in [-0.05, 0) is 38.6 Å². The average molecular weight is 537 g/mol. The molecule has 0 spiro atoms. The Bertz CT molecular complexity index is 989. The third-order valence-corrected chi connectivity index (χ3v) is 5.86. The summed E-state index contributed by atoms with van der Waals surface area (Å²) in [5, 5.41) is 20.2. The van der Waals surface area contributed by atoms with Gasteiger partial charge in [0.2, 0.25) is 23.6 Å². The Balaban J connectivity index is 2.14. The maximum Gasteiger partial charge on any atom is 0.326 e. The van der Waals surface area contributed by atoms with Gasteiger partial charge in [0, 0.05) is 31.3 Å². The fourth-order valence-electron chi connectivity index (χ4n) is 3.87. The Morgan fingerprint density at radius 2 is 1.76 bits per heavy atom. The fraction of sp³-hybridized carbons (Fsp3) is 0.591. The lowest BCUT2D eigenvalue weighted by Crippen LogP contribution is -2.57. The number of primary amides is 1. The van der Waals surface area contributed by atoms with E-state index >= 15 is 0 Å². The first-order valence-electron chi connectivity index (χ1n) is 12.2. The first-order valence-corrected chi connectivity index (χ1v) is 12.2. The summed E-state index contributed by atoms with van der Waals surface area (Å²) in [5.74, 6) is -3.96. The number of nitrogens with zero attached hydrogens (tertiary/aromatic N) is 2. The van der Waals surface area contributed by atoms with Gasteiger partial charge in [-0.3, -0.25) is 24.2 Å². The standard InChI is InChI=1S/C22H36N10O6/c23-17(33)6-5-14(30-18(34)13-3-1-7-27-13)19(35)32-16(9-12-10-26-11-29-12)20(36)31-15(21(37)38)4-2-8-28-22(24)25/h10-11,13-16,27H,1-9H2,(H2,23,33)(H,26,29)(H,30,34)(H,31,36)(H,32,35)(H,37,38)(H4,24,25,28). The van der Waals surface area contributed by atoms with Gasteiger partial charge in [-0.2, -0.15) is 0 Å². The van der Waals surface area contributed by atoms with Crippen molar-refractivity contribution >= 4 is 35.6 Å². The molecule has 0 bridgehead atoms. The highest BCUT2D eigenvalue weighted by atomic mass is 16.4. The van der Waals surface area contributed by atoms with Gasteiger partial charge in [-0.15, -0.1) is 0 Å². The van der Waals surface area contributed by atoms with Gasteiger partial charge >= 0.3 is 5.97 Å². The number of carboxylic acid groups (broad SMARTS) is 1. The zero-order chi connectivity index (χ0) is 28.1. The number of H-pyrrole nitrogens is 1. The molecular weight excluding hydrogens is 500 g/mol. The number of carboxylic acids is 1. The number of rotatable bonds is 16. The van der Waals surface area contributed by atoms with Crippen molar-refractivity contribution in [2.24, 2.45) is 22.2 Å². The van der Waals surface area contributed by atoms with Crippen LogP contribution < -0.4 is 38.5 Å². The third kappa shape index (κ3) is 10.4. The molecule has 12 N–H and O–H groups in total. The van der Waals surface area contributed by atoms with E-state index in [4.69, 9.17) is 17.2 Å². The number of nitrogens with two attached hydrogens (primary N) is 3. The van der Waals surface area contributed by atoms with Crippen LogP contribution in [-0.2, 0) is 30.4 Å². The molecule has 4 atom stereocenters. The van der Waals surface area contributed by atoms with Gasteiger partial charge in [0.05, 0.1) is 12.4 Å². The van der Waals surface area contributed by atoms with E-state index in [1.54, 1.807) is 0 Å². The lowest BCUT2D eigenvalue weighted by atomic mass is 10.1. The lowest BCUT2D eigenvalue weighted by molar-refractivity contribution is -0.142. The van der Waals surface area contributed by atoms with Crippen LogP contribution in [0.25, 0.3) is 0 Å². The molecule has 1 aromatic heterocycles. The minimum absolute atomic E-state index is 0.0360. The topological polar surface area (TPSA) is 273 Å². The van der Waals surface area contributed by atoms with Crippen LogP contribution in [0.15, 0.2) is 17.5 Å². The molecule has 1 aliphatic heterocycles. The zero-order valence-electron chi connectivity index (χ0n) is 20.9. The largest absolute Gasteiger partial charge is 0.480 e. The zero-order valence-corrected chi connectivity index (χ0v) is 20.9. The van der Waals surface area contributed by atoms with Gasteiger partial charge in [0.25, 0.3) is 0 Å². The van der Waals surface area contributed by atoms with Gasteiger partial charge in [-0.25, -0.2) is 9.78 Å². The first kappa shape index (κ1) is 30.0. The quantitative estimate of drug-likeness (QED) is 0.0572. The van der Waals surface area contributed by atoms with Crippen LogP contribution >= 0.6 is 0 Å². The molecule has 1 aliphatic rings. The van der Waals surface area contributed by atoms with Gasteiger partial charge in [-0.1, -0.05) is 0 Å². The van der Waals surface area contributed by atoms with E-state index in [2.05, 4.69) is 36.2 Å². The van der Waals surface area contributed by atoms with Gasteiger partial charge in [0.15, 0.2) is 5.96 Å². The second kappa shape index (κ2) is 15.1. The number of imidazole rings is 1. The van der Waals surface area contributed by atoms with Gasteiger partial charge < -0.3 is 48.6 Å².